The Morgan fingerprint density at radius 3 is 2.68 bits per heavy atom. The lowest BCUT2D eigenvalue weighted by molar-refractivity contribution is 0.0933. The van der Waals surface area contributed by atoms with Crippen LogP contribution >= 0.6 is 11.3 Å². The van der Waals surface area contributed by atoms with E-state index in [9.17, 15) is 9.59 Å². The summed E-state index contributed by atoms with van der Waals surface area (Å²) in [6.07, 6.45) is 6.94. The van der Waals surface area contributed by atoms with Crippen LogP contribution in [-0.4, -0.2) is 27.6 Å². The van der Waals surface area contributed by atoms with E-state index in [2.05, 4.69) is 22.7 Å². The van der Waals surface area contributed by atoms with Gasteiger partial charge in [0.1, 0.15) is 0 Å². The normalized spacial score (nSPS) is 14.6. The first-order valence-electron chi connectivity index (χ1n) is 8.87. The van der Waals surface area contributed by atoms with Gasteiger partial charge in [-0.2, -0.15) is 5.10 Å². The van der Waals surface area contributed by atoms with E-state index in [1.54, 1.807) is 22.2 Å². The fourth-order valence-corrected chi connectivity index (χ4v) is 3.86. The van der Waals surface area contributed by atoms with Crippen molar-refractivity contribution in [1.29, 1.82) is 0 Å². The second kappa shape index (κ2) is 7.82. The van der Waals surface area contributed by atoms with Crippen LogP contribution in [0.15, 0.2) is 17.6 Å². The molecule has 0 atom stereocenters. The maximum atomic E-state index is 12.6. The molecule has 2 N–H and O–H groups in total. The highest BCUT2D eigenvalue weighted by molar-refractivity contribution is 7.10. The lowest BCUT2D eigenvalue weighted by atomic mass is 10.2. The summed E-state index contributed by atoms with van der Waals surface area (Å²) in [5.41, 5.74) is 1.37. The third-order valence-corrected chi connectivity index (χ3v) is 5.58. The summed E-state index contributed by atoms with van der Waals surface area (Å²) in [7, 11) is 0. The van der Waals surface area contributed by atoms with Gasteiger partial charge in [0, 0.05) is 29.0 Å². The summed E-state index contributed by atoms with van der Waals surface area (Å²) in [5, 5.41) is 12.1. The predicted molar refractivity (Wildman–Crippen MR) is 99.3 cm³/mol. The van der Waals surface area contributed by atoms with Gasteiger partial charge in [0.15, 0.2) is 5.69 Å². The van der Waals surface area contributed by atoms with Gasteiger partial charge in [-0.15, -0.1) is 11.3 Å². The van der Waals surface area contributed by atoms with Crippen LogP contribution in [0, 0.1) is 0 Å². The van der Waals surface area contributed by atoms with Gasteiger partial charge in [0.05, 0.1) is 11.3 Å². The first-order chi connectivity index (χ1) is 12.1. The van der Waals surface area contributed by atoms with Crippen LogP contribution < -0.4 is 10.6 Å². The highest BCUT2D eigenvalue weighted by Gasteiger charge is 2.23. The standard InChI is InChI=1S/C18H24N4O2S/c1-3-14-9-12(11-25-14)17(23)20-15-10-22(4-2)21-16(15)18(24)19-13-7-5-6-8-13/h9-11,13H,3-8H2,1-2H3,(H,19,24)(H,20,23). The number of anilines is 1. The van der Waals surface area contributed by atoms with Gasteiger partial charge < -0.3 is 10.6 Å². The van der Waals surface area contributed by atoms with E-state index >= 15 is 0 Å². The molecule has 0 unspecified atom stereocenters. The summed E-state index contributed by atoms with van der Waals surface area (Å²) in [4.78, 5) is 26.2. The third-order valence-electron chi connectivity index (χ3n) is 4.50. The number of amides is 2. The van der Waals surface area contributed by atoms with Gasteiger partial charge in [-0.3, -0.25) is 14.3 Å². The average molecular weight is 360 g/mol. The van der Waals surface area contributed by atoms with E-state index in [1.807, 2.05) is 18.4 Å². The number of nitrogens with one attached hydrogen (secondary N) is 2. The maximum absolute atomic E-state index is 12.6. The minimum absolute atomic E-state index is 0.207. The Labute approximate surface area is 151 Å². The van der Waals surface area contributed by atoms with Gasteiger partial charge in [-0.25, -0.2) is 0 Å². The van der Waals surface area contributed by atoms with Crippen LogP contribution in [0.3, 0.4) is 0 Å². The Balaban J connectivity index is 1.76. The van der Waals surface area contributed by atoms with E-state index in [-0.39, 0.29) is 23.6 Å². The Kier molecular flexibility index (Phi) is 5.53. The van der Waals surface area contributed by atoms with Gasteiger partial charge >= 0.3 is 0 Å². The number of thiophene rings is 1. The largest absolute Gasteiger partial charge is 0.348 e. The van der Waals surface area contributed by atoms with Crippen molar-refractivity contribution in [3.8, 4) is 0 Å². The minimum atomic E-state index is -0.214. The molecule has 1 aliphatic rings. The molecule has 3 rings (SSSR count). The molecule has 134 valence electrons. The number of hydrogen-bond donors (Lipinski definition) is 2. The first kappa shape index (κ1) is 17.7. The average Bonchev–Trinajstić information content (AvgIpc) is 3.34. The summed E-state index contributed by atoms with van der Waals surface area (Å²) in [6.45, 7) is 4.64. The van der Waals surface area contributed by atoms with Crippen molar-refractivity contribution in [2.75, 3.05) is 5.32 Å². The molecule has 1 saturated carbocycles. The lowest BCUT2D eigenvalue weighted by Gasteiger charge is -2.11. The van der Waals surface area contributed by atoms with E-state index in [0.29, 0.717) is 17.8 Å². The quantitative estimate of drug-likeness (QED) is 0.828. The number of nitrogens with zero attached hydrogens (tertiary/aromatic N) is 2. The number of hydrogen-bond acceptors (Lipinski definition) is 4. The Hall–Kier alpha value is -2.15. The molecule has 2 heterocycles. The second-order valence-corrected chi connectivity index (χ2v) is 7.31. The first-order valence-corrected chi connectivity index (χ1v) is 9.75. The summed E-state index contributed by atoms with van der Waals surface area (Å²) in [6, 6.07) is 2.11. The van der Waals surface area contributed by atoms with Gasteiger partial charge in [-0.05, 0) is 32.3 Å². The van der Waals surface area contributed by atoms with Crippen LogP contribution in [0.5, 0.6) is 0 Å². The van der Waals surface area contributed by atoms with E-state index in [4.69, 9.17) is 0 Å². The number of aromatic nitrogens is 2. The summed E-state index contributed by atoms with van der Waals surface area (Å²) in [5.74, 6) is -0.421. The summed E-state index contributed by atoms with van der Waals surface area (Å²) < 4.78 is 1.67. The van der Waals surface area contributed by atoms with Crippen LogP contribution in [0.2, 0.25) is 0 Å². The molecule has 7 heteroatoms. The number of carbonyl (C=O) groups excluding carboxylic acids is 2. The van der Waals surface area contributed by atoms with Crippen molar-refractivity contribution in [2.45, 2.75) is 58.5 Å². The van der Waals surface area contributed by atoms with Crippen molar-refractivity contribution in [3.63, 3.8) is 0 Å². The molecular formula is C18H24N4O2S. The zero-order chi connectivity index (χ0) is 17.8. The fraction of sp³-hybridized carbons (Fsp3) is 0.500. The zero-order valence-electron chi connectivity index (χ0n) is 14.7. The van der Waals surface area contributed by atoms with Crippen molar-refractivity contribution in [1.82, 2.24) is 15.1 Å². The molecular weight excluding hydrogens is 336 g/mol. The lowest BCUT2D eigenvalue weighted by Crippen LogP contribution is -2.33. The number of carbonyl (C=O) groups is 2. The molecule has 0 radical (unpaired) electrons. The van der Waals surface area contributed by atoms with Gasteiger partial charge in [0.2, 0.25) is 0 Å². The third kappa shape index (κ3) is 4.10. The molecule has 0 bridgehead atoms. The number of rotatable bonds is 6. The van der Waals surface area contributed by atoms with Crippen LogP contribution in [0.1, 0.15) is 65.3 Å². The van der Waals surface area contributed by atoms with Crippen molar-refractivity contribution >= 4 is 28.8 Å². The van der Waals surface area contributed by atoms with Crippen LogP contribution in [0.25, 0.3) is 0 Å². The number of aryl methyl sites for hydroxylation is 2. The summed E-state index contributed by atoms with van der Waals surface area (Å²) >= 11 is 1.57. The van der Waals surface area contributed by atoms with E-state index in [0.717, 1.165) is 37.0 Å². The molecule has 0 aliphatic heterocycles. The van der Waals surface area contributed by atoms with Gasteiger partial charge in [0.25, 0.3) is 11.8 Å². The minimum Gasteiger partial charge on any atom is -0.348 e. The molecule has 6 nitrogen and oxygen atoms in total. The highest BCUT2D eigenvalue weighted by Crippen LogP contribution is 2.21. The van der Waals surface area contributed by atoms with Crippen molar-refractivity contribution < 1.29 is 9.59 Å². The van der Waals surface area contributed by atoms with Gasteiger partial charge in [-0.1, -0.05) is 19.8 Å². The van der Waals surface area contributed by atoms with Crippen LogP contribution in [0.4, 0.5) is 5.69 Å². The van der Waals surface area contributed by atoms with Crippen molar-refractivity contribution in [2.24, 2.45) is 0 Å². The monoisotopic (exact) mass is 360 g/mol. The highest BCUT2D eigenvalue weighted by atomic mass is 32.1. The molecule has 1 fully saturated rings. The fourth-order valence-electron chi connectivity index (χ4n) is 3.05. The second-order valence-electron chi connectivity index (χ2n) is 6.31. The van der Waals surface area contributed by atoms with Crippen molar-refractivity contribution in [3.05, 3.63) is 33.8 Å². The molecule has 2 amide bonds. The Morgan fingerprint density at radius 1 is 1.28 bits per heavy atom. The molecule has 0 spiro atoms. The SMILES string of the molecule is CCc1cc(C(=O)Nc2cn(CC)nc2C(=O)NC2CCCC2)cs1. The Bertz CT molecular complexity index is 759. The smallest absolute Gasteiger partial charge is 0.274 e. The molecule has 0 aromatic carbocycles. The molecule has 25 heavy (non-hydrogen) atoms. The molecule has 2 aromatic rings. The molecule has 2 aromatic heterocycles. The molecule has 0 saturated heterocycles. The van der Waals surface area contributed by atoms with E-state index in [1.165, 1.54) is 0 Å². The Morgan fingerprint density at radius 2 is 2.04 bits per heavy atom. The topological polar surface area (TPSA) is 76.0 Å². The predicted octanol–water partition coefficient (Wildman–Crippen LogP) is 3.45. The van der Waals surface area contributed by atoms with Crippen LogP contribution in [-0.2, 0) is 13.0 Å². The van der Waals surface area contributed by atoms with E-state index < -0.39 is 0 Å². The zero-order valence-corrected chi connectivity index (χ0v) is 15.5. The molecule has 1 aliphatic carbocycles. The maximum Gasteiger partial charge on any atom is 0.274 e.